The van der Waals surface area contributed by atoms with Crippen LogP contribution in [0.4, 0.5) is 5.69 Å². The van der Waals surface area contributed by atoms with Gasteiger partial charge in [0.25, 0.3) is 5.91 Å². The van der Waals surface area contributed by atoms with Crippen molar-refractivity contribution in [3.63, 3.8) is 0 Å². The smallest absolute Gasteiger partial charge is 0.374 e. The summed E-state index contributed by atoms with van der Waals surface area (Å²) in [6.45, 7) is 1.36. The number of furan rings is 1. The zero-order valence-electron chi connectivity index (χ0n) is 12.0. The fourth-order valence-corrected chi connectivity index (χ4v) is 1.87. The highest BCUT2D eigenvalue weighted by Crippen LogP contribution is 2.30. The lowest BCUT2D eigenvalue weighted by molar-refractivity contribution is -0.119. The third-order valence-electron chi connectivity index (χ3n) is 2.81. The van der Waals surface area contributed by atoms with E-state index in [1.807, 2.05) is 0 Å². The first-order valence-electron chi connectivity index (χ1n) is 6.36. The molecule has 0 aliphatic heterocycles. The average molecular weight is 324 g/mol. The van der Waals surface area contributed by atoms with E-state index in [0.717, 1.165) is 5.56 Å². The Labute approximate surface area is 132 Å². The predicted molar refractivity (Wildman–Crippen MR) is 80.4 cm³/mol. The van der Waals surface area contributed by atoms with Gasteiger partial charge in [0.05, 0.1) is 19.1 Å². The highest BCUT2D eigenvalue weighted by molar-refractivity contribution is 6.31. The van der Waals surface area contributed by atoms with E-state index >= 15 is 0 Å². The zero-order valence-corrected chi connectivity index (χ0v) is 12.8. The number of carbonyl (C=O) groups is 2. The molecule has 6 nitrogen and oxygen atoms in total. The SMILES string of the molecule is COc1cc(Cl)c(C)cc1NC(=O)COC(=O)c1ccco1. The van der Waals surface area contributed by atoms with Crippen molar-refractivity contribution in [1.82, 2.24) is 0 Å². The predicted octanol–water partition coefficient (Wildman–Crippen LogP) is 3.05. The Morgan fingerprint density at radius 3 is 2.77 bits per heavy atom. The maximum Gasteiger partial charge on any atom is 0.374 e. The lowest BCUT2D eigenvalue weighted by atomic mass is 10.2. The molecule has 1 amide bonds. The number of halogens is 1. The van der Waals surface area contributed by atoms with Crippen molar-refractivity contribution >= 4 is 29.2 Å². The summed E-state index contributed by atoms with van der Waals surface area (Å²) in [5.74, 6) is -0.756. The second kappa shape index (κ2) is 7.00. The molecule has 0 unspecified atom stereocenters. The molecule has 0 radical (unpaired) electrons. The summed E-state index contributed by atoms with van der Waals surface area (Å²) >= 11 is 5.99. The number of anilines is 1. The van der Waals surface area contributed by atoms with Gasteiger partial charge in [-0.05, 0) is 30.7 Å². The number of rotatable bonds is 5. The van der Waals surface area contributed by atoms with Crippen molar-refractivity contribution in [2.75, 3.05) is 19.0 Å². The van der Waals surface area contributed by atoms with Gasteiger partial charge in [-0.3, -0.25) is 4.79 Å². The van der Waals surface area contributed by atoms with Gasteiger partial charge in [0.1, 0.15) is 5.75 Å². The zero-order chi connectivity index (χ0) is 16.1. The van der Waals surface area contributed by atoms with E-state index in [4.69, 9.17) is 25.5 Å². The van der Waals surface area contributed by atoms with Gasteiger partial charge in [-0.15, -0.1) is 0 Å². The van der Waals surface area contributed by atoms with Crippen LogP contribution in [0, 0.1) is 6.92 Å². The first-order chi connectivity index (χ1) is 10.5. The average Bonchev–Trinajstić information content (AvgIpc) is 3.02. The van der Waals surface area contributed by atoms with E-state index in [1.165, 1.54) is 19.4 Å². The van der Waals surface area contributed by atoms with Crippen LogP contribution in [-0.4, -0.2) is 25.6 Å². The van der Waals surface area contributed by atoms with E-state index in [9.17, 15) is 9.59 Å². The molecule has 0 fully saturated rings. The lowest BCUT2D eigenvalue weighted by Crippen LogP contribution is -2.21. The molecule has 22 heavy (non-hydrogen) atoms. The Balaban J connectivity index is 1.97. The van der Waals surface area contributed by atoms with Crippen molar-refractivity contribution in [2.24, 2.45) is 0 Å². The van der Waals surface area contributed by atoms with Crippen molar-refractivity contribution in [3.8, 4) is 5.75 Å². The minimum atomic E-state index is -0.709. The largest absolute Gasteiger partial charge is 0.495 e. The molecule has 7 heteroatoms. The quantitative estimate of drug-likeness (QED) is 0.856. The molecule has 0 saturated carbocycles. The third-order valence-corrected chi connectivity index (χ3v) is 3.22. The fourth-order valence-electron chi connectivity index (χ4n) is 1.71. The maximum atomic E-state index is 11.8. The molecule has 1 heterocycles. The van der Waals surface area contributed by atoms with E-state index in [2.05, 4.69) is 5.32 Å². The summed E-state index contributed by atoms with van der Waals surface area (Å²) < 4.78 is 14.9. The van der Waals surface area contributed by atoms with Gasteiger partial charge in [0.2, 0.25) is 5.76 Å². The number of esters is 1. The monoisotopic (exact) mass is 323 g/mol. The molecule has 0 aliphatic carbocycles. The van der Waals surface area contributed by atoms with Gasteiger partial charge in [-0.25, -0.2) is 4.79 Å². The van der Waals surface area contributed by atoms with Gasteiger partial charge >= 0.3 is 5.97 Å². The first-order valence-corrected chi connectivity index (χ1v) is 6.73. The molecule has 0 aliphatic rings. The number of aryl methyl sites for hydroxylation is 1. The van der Waals surface area contributed by atoms with E-state index in [-0.39, 0.29) is 5.76 Å². The molecule has 2 aromatic rings. The van der Waals surface area contributed by atoms with Gasteiger partial charge < -0.3 is 19.2 Å². The Morgan fingerprint density at radius 1 is 1.36 bits per heavy atom. The first kappa shape index (κ1) is 15.9. The highest BCUT2D eigenvalue weighted by Gasteiger charge is 2.14. The number of benzene rings is 1. The molecule has 116 valence electrons. The standard InChI is InChI=1S/C15H14ClNO5/c1-9-6-11(13(20-2)7-10(9)16)17-14(18)8-22-15(19)12-4-3-5-21-12/h3-7H,8H2,1-2H3,(H,17,18). The summed E-state index contributed by atoms with van der Waals surface area (Å²) in [5.41, 5.74) is 1.23. The van der Waals surface area contributed by atoms with Gasteiger partial charge in [-0.2, -0.15) is 0 Å². The Kier molecular flexibility index (Phi) is 5.06. The van der Waals surface area contributed by atoms with Crippen molar-refractivity contribution in [3.05, 3.63) is 46.9 Å². The van der Waals surface area contributed by atoms with Crippen LogP contribution < -0.4 is 10.1 Å². The molecule has 0 bridgehead atoms. The highest BCUT2D eigenvalue weighted by atomic mass is 35.5. The second-order valence-corrected chi connectivity index (χ2v) is 4.81. The maximum absolute atomic E-state index is 11.8. The molecule has 1 N–H and O–H groups in total. The Morgan fingerprint density at radius 2 is 2.14 bits per heavy atom. The number of methoxy groups -OCH3 is 1. The molecule has 0 spiro atoms. The van der Waals surface area contributed by atoms with E-state index in [1.54, 1.807) is 25.1 Å². The number of ether oxygens (including phenoxy) is 2. The number of carbonyl (C=O) groups excluding carboxylic acids is 2. The molecule has 1 aromatic carbocycles. The van der Waals surface area contributed by atoms with Crippen LogP contribution >= 0.6 is 11.6 Å². The minimum Gasteiger partial charge on any atom is -0.495 e. The van der Waals surface area contributed by atoms with Crippen LogP contribution in [0.2, 0.25) is 5.02 Å². The Hall–Kier alpha value is -2.47. The summed E-state index contributed by atoms with van der Waals surface area (Å²) in [6.07, 6.45) is 1.35. The molecule has 1 aromatic heterocycles. The number of nitrogens with one attached hydrogen (secondary N) is 1. The van der Waals surface area contributed by atoms with Crippen LogP contribution in [-0.2, 0) is 9.53 Å². The summed E-state index contributed by atoms with van der Waals surface area (Å²) in [4.78, 5) is 23.4. The minimum absolute atomic E-state index is 0.0349. The molecule has 0 saturated heterocycles. The van der Waals surface area contributed by atoms with Crippen LogP contribution in [0.3, 0.4) is 0 Å². The summed E-state index contributed by atoms with van der Waals surface area (Å²) in [6, 6.07) is 6.28. The van der Waals surface area contributed by atoms with Crippen LogP contribution in [0.15, 0.2) is 34.9 Å². The van der Waals surface area contributed by atoms with Crippen LogP contribution in [0.25, 0.3) is 0 Å². The van der Waals surface area contributed by atoms with Gasteiger partial charge in [0.15, 0.2) is 6.61 Å². The lowest BCUT2D eigenvalue weighted by Gasteiger charge is -2.12. The van der Waals surface area contributed by atoms with E-state index < -0.39 is 18.5 Å². The van der Waals surface area contributed by atoms with Gasteiger partial charge in [-0.1, -0.05) is 11.6 Å². The van der Waals surface area contributed by atoms with Crippen molar-refractivity contribution < 1.29 is 23.5 Å². The Bertz CT molecular complexity index is 681. The number of amides is 1. The van der Waals surface area contributed by atoms with Crippen molar-refractivity contribution in [2.45, 2.75) is 6.92 Å². The molecular weight excluding hydrogens is 310 g/mol. The topological polar surface area (TPSA) is 77.8 Å². The number of hydrogen-bond acceptors (Lipinski definition) is 5. The third kappa shape index (κ3) is 3.79. The van der Waals surface area contributed by atoms with Crippen LogP contribution in [0.5, 0.6) is 5.75 Å². The van der Waals surface area contributed by atoms with Crippen LogP contribution in [0.1, 0.15) is 16.1 Å². The van der Waals surface area contributed by atoms with E-state index in [0.29, 0.717) is 16.5 Å². The second-order valence-electron chi connectivity index (χ2n) is 4.40. The summed E-state index contributed by atoms with van der Waals surface area (Å²) in [5, 5.41) is 3.13. The van der Waals surface area contributed by atoms with Crippen molar-refractivity contribution in [1.29, 1.82) is 0 Å². The molecule has 0 atom stereocenters. The fraction of sp³-hybridized carbons (Fsp3) is 0.200. The molecular formula is C15H14ClNO5. The molecule has 2 rings (SSSR count). The number of hydrogen-bond donors (Lipinski definition) is 1. The summed E-state index contributed by atoms with van der Waals surface area (Å²) in [7, 11) is 1.47. The normalized spacial score (nSPS) is 10.1. The van der Waals surface area contributed by atoms with Gasteiger partial charge in [0, 0.05) is 11.1 Å².